The Morgan fingerprint density at radius 2 is 1.76 bits per heavy atom. The lowest BCUT2D eigenvalue weighted by molar-refractivity contribution is 0.240. The van der Waals surface area contributed by atoms with Crippen molar-refractivity contribution in [3.05, 3.63) is 46.2 Å². The van der Waals surface area contributed by atoms with E-state index in [9.17, 15) is 0 Å². The third kappa shape index (κ3) is 4.75. The largest absolute Gasteiger partial charge is 0.486 e. The molecule has 1 N–H and O–H groups in total. The predicted octanol–water partition coefficient (Wildman–Crippen LogP) is 3.96. The summed E-state index contributed by atoms with van der Waals surface area (Å²) in [5.41, 5.74) is 0.751. The molecular weight excluding hydrogens is 361 g/mol. The van der Waals surface area contributed by atoms with Crippen LogP contribution in [0.4, 0.5) is 5.95 Å². The average Bonchev–Trinajstić information content (AvgIpc) is 2.63. The summed E-state index contributed by atoms with van der Waals surface area (Å²) in [7, 11) is 0. The Bertz CT molecular complexity index is 669. The van der Waals surface area contributed by atoms with Crippen molar-refractivity contribution in [2.24, 2.45) is 5.92 Å². The fraction of sp³-hybridized carbons (Fsp3) is 0.444. The molecule has 134 valence electrons. The monoisotopic (exact) mass is 381 g/mol. The van der Waals surface area contributed by atoms with Gasteiger partial charge in [-0.3, -0.25) is 0 Å². The number of piperidine rings is 1. The number of ether oxygens (including phenoxy) is 1. The first-order valence-electron chi connectivity index (χ1n) is 8.41. The Labute approximate surface area is 157 Å². The minimum atomic E-state index is 0.267. The molecule has 1 fully saturated rings. The fourth-order valence-electron chi connectivity index (χ4n) is 2.98. The molecule has 5 nitrogen and oxygen atoms in total. The van der Waals surface area contributed by atoms with Gasteiger partial charge in [0, 0.05) is 35.3 Å². The highest BCUT2D eigenvalue weighted by Gasteiger charge is 2.20. The van der Waals surface area contributed by atoms with Gasteiger partial charge >= 0.3 is 0 Å². The number of hydrogen-bond donors (Lipinski definition) is 1. The van der Waals surface area contributed by atoms with Crippen LogP contribution < -0.4 is 9.64 Å². The number of aliphatic hydroxyl groups is 1. The minimum Gasteiger partial charge on any atom is -0.486 e. The van der Waals surface area contributed by atoms with Gasteiger partial charge in [0.1, 0.15) is 6.61 Å². The molecule has 0 atom stereocenters. The van der Waals surface area contributed by atoms with Crippen LogP contribution in [0.15, 0.2) is 30.6 Å². The van der Waals surface area contributed by atoms with Crippen LogP contribution in [0, 0.1) is 5.92 Å². The van der Waals surface area contributed by atoms with Crippen molar-refractivity contribution in [3.63, 3.8) is 0 Å². The van der Waals surface area contributed by atoms with E-state index in [-0.39, 0.29) is 13.2 Å². The molecule has 1 aliphatic heterocycles. The zero-order valence-electron chi connectivity index (χ0n) is 13.9. The highest BCUT2D eigenvalue weighted by Crippen LogP contribution is 2.26. The summed E-state index contributed by atoms with van der Waals surface area (Å²) >= 11 is 12.3. The number of aliphatic hydroxyl groups excluding tert-OH is 1. The predicted molar refractivity (Wildman–Crippen MR) is 99.5 cm³/mol. The van der Waals surface area contributed by atoms with Crippen LogP contribution in [0.1, 0.15) is 24.8 Å². The number of benzene rings is 1. The summed E-state index contributed by atoms with van der Waals surface area (Å²) in [5.74, 6) is 1.89. The van der Waals surface area contributed by atoms with E-state index >= 15 is 0 Å². The van der Waals surface area contributed by atoms with Gasteiger partial charge in [-0.2, -0.15) is 0 Å². The number of nitrogens with zero attached hydrogens (tertiary/aromatic N) is 3. The zero-order valence-corrected chi connectivity index (χ0v) is 15.4. The Morgan fingerprint density at radius 1 is 1.12 bits per heavy atom. The maximum atomic E-state index is 9.03. The third-order valence-corrected chi connectivity index (χ3v) is 5.20. The van der Waals surface area contributed by atoms with Crippen molar-refractivity contribution in [1.29, 1.82) is 0 Å². The Balaban J connectivity index is 1.56. The molecule has 0 bridgehead atoms. The van der Waals surface area contributed by atoms with Crippen LogP contribution in [-0.2, 0) is 6.61 Å². The molecule has 1 aromatic heterocycles. The van der Waals surface area contributed by atoms with Crippen LogP contribution in [0.5, 0.6) is 5.75 Å². The first-order valence-corrected chi connectivity index (χ1v) is 9.16. The highest BCUT2D eigenvalue weighted by atomic mass is 35.5. The number of rotatable bonds is 6. The van der Waals surface area contributed by atoms with Gasteiger partial charge in [0.25, 0.3) is 0 Å². The van der Waals surface area contributed by atoms with E-state index in [0.29, 0.717) is 27.7 Å². The summed E-state index contributed by atoms with van der Waals surface area (Å²) in [5, 5.41) is 10.2. The smallest absolute Gasteiger partial charge is 0.225 e. The number of hydrogen-bond acceptors (Lipinski definition) is 5. The fourth-order valence-corrected chi connectivity index (χ4v) is 3.48. The van der Waals surface area contributed by atoms with E-state index in [2.05, 4.69) is 14.9 Å². The van der Waals surface area contributed by atoms with Crippen molar-refractivity contribution in [2.45, 2.75) is 25.9 Å². The second kappa shape index (κ2) is 8.70. The van der Waals surface area contributed by atoms with Gasteiger partial charge in [-0.25, -0.2) is 9.97 Å². The van der Waals surface area contributed by atoms with Crippen LogP contribution in [0.25, 0.3) is 0 Å². The molecule has 0 amide bonds. The van der Waals surface area contributed by atoms with Gasteiger partial charge < -0.3 is 14.7 Å². The minimum absolute atomic E-state index is 0.267. The standard InChI is InChI=1S/C18H21Cl2N3O2/c19-16-2-1-3-17(20)15(16)12-25-14-10-21-18(22-11-14)23-7-4-13(5-8-23)6-9-24/h1-3,10-11,13,24H,4-9,12H2. The Morgan fingerprint density at radius 3 is 2.36 bits per heavy atom. The second-order valence-corrected chi connectivity index (χ2v) is 6.96. The molecule has 0 radical (unpaired) electrons. The number of halogens is 2. The summed E-state index contributed by atoms with van der Waals surface area (Å²) in [6.07, 6.45) is 6.35. The van der Waals surface area contributed by atoms with E-state index in [0.717, 1.165) is 37.9 Å². The van der Waals surface area contributed by atoms with Crippen LogP contribution >= 0.6 is 23.2 Å². The summed E-state index contributed by atoms with van der Waals surface area (Å²) in [6.45, 7) is 2.37. The first kappa shape index (κ1) is 18.2. The molecule has 1 saturated heterocycles. The molecule has 0 unspecified atom stereocenters. The first-order chi connectivity index (χ1) is 12.2. The van der Waals surface area contributed by atoms with Gasteiger partial charge in [-0.15, -0.1) is 0 Å². The van der Waals surface area contributed by atoms with E-state index in [1.807, 2.05) is 0 Å². The van der Waals surface area contributed by atoms with Gasteiger partial charge in [0.15, 0.2) is 5.75 Å². The summed E-state index contributed by atoms with van der Waals surface area (Å²) in [6, 6.07) is 5.37. The SMILES string of the molecule is OCCC1CCN(c2ncc(OCc3c(Cl)cccc3Cl)cn2)CC1. The molecule has 3 rings (SSSR count). The van der Waals surface area contributed by atoms with Crippen molar-refractivity contribution >= 4 is 29.2 Å². The maximum Gasteiger partial charge on any atom is 0.225 e. The molecular formula is C18H21Cl2N3O2. The molecule has 2 heterocycles. The molecule has 1 aromatic carbocycles. The van der Waals surface area contributed by atoms with Crippen LogP contribution in [0.3, 0.4) is 0 Å². The van der Waals surface area contributed by atoms with E-state index < -0.39 is 0 Å². The molecule has 1 aliphatic rings. The third-order valence-electron chi connectivity index (χ3n) is 4.49. The Kier molecular flexibility index (Phi) is 6.34. The van der Waals surface area contributed by atoms with Crippen LogP contribution in [-0.4, -0.2) is 34.8 Å². The average molecular weight is 382 g/mol. The van der Waals surface area contributed by atoms with Gasteiger partial charge in [0.2, 0.25) is 5.95 Å². The normalized spacial score (nSPS) is 15.4. The zero-order chi connectivity index (χ0) is 17.6. The van der Waals surface area contributed by atoms with Gasteiger partial charge in [0.05, 0.1) is 12.4 Å². The van der Waals surface area contributed by atoms with Crippen LogP contribution in [0.2, 0.25) is 10.0 Å². The highest BCUT2D eigenvalue weighted by molar-refractivity contribution is 6.35. The lowest BCUT2D eigenvalue weighted by atomic mass is 9.94. The molecule has 2 aromatic rings. The van der Waals surface area contributed by atoms with Gasteiger partial charge in [-0.1, -0.05) is 29.3 Å². The molecule has 0 aliphatic carbocycles. The number of anilines is 1. The lowest BCUT2D eigenvalue weighted by Crippen LogP contribution is -2.35. The van der Waals surface area contributed by atoms with Crippen molar-refractivity contribution in [3.8, 4) is 5.75 Å². The maximum absolute atomic E-state index is 9.03. The van der Waals surface area contributed by atoms with E-state index in [1.54, 1.807) is 30.6 Å². The summed E-state index contributed by atoms with van der Waals surface area (Å²) < 4.78 is 5.70. The Hall–Kier alpha value is -1.56. The van der Waals surface area contributed by atoms with Gasteiger partial charge in [-0.05, 0) is 37.3 Å². The molecule has 7 heteroatoms. The van der Waals surface area contributed by atoms with E-state index in [1.165, 1.54) is 0 Å². The van der Waals surface area contributed by atoms with Crippen molar-refractivity contribution in [2.75, 3.05) is 24.6 Å². The van der Waals surface area contributed by atoms with Crippen molar-refractivity contribution < 1.29 is 9.84 Å². The van der Waals surface area contributed by atoms with Crippen molar-refractivity contribution in [1.82, 2.24) is 9.97 Å². The quantitative estimate of drug-likeness (QED) is 0.820. The number of aromatic nitrogens is 2. The molecule has 25 heavy (non-hydrogen) atoms. The molecule has 0 spiro atoms. The lowest BCUT2D eigenvalue weighted by Gasteiger charge is -2.31. The second-order valence-electron chi connectivity index (χ2n) is 6.15. The topological polar surface area (TPSA) is 58.5 Å². The van der Waals surface area contributed by atoms with E-state index in [4.69, 9.17) is 33.0 Å². The summed E-state index contributed by atoms with van der Waals surface area (Å²) in [4.78, 5) is 11.0. The molecule has 0 saturated carbocycles.